The van der Waals surface area contributed by atoms with E-state index in [1.54, 1.807) is 29.2 Å². The average Bonchev–Trinajstić information content (AvgIpc) is 2.65. The number of likely N-dealkylation sites (tertiary alicyclic amines) is 1. The van der Waals surface area contributed by atoms with E-state index in [-0.39, 0.29) is 18.2 Å². The van der Waals surface area contributed by atoms with E-state index in [9.17, 15) is 9.59 Å². The number of amides is 2. The second kappa shape index (κ2) is 8.86. The van der Waals surface area contributed by atoms with Gasteiger partial charge in [0.15, 0.2) is 0 Å². The first-order valence-corrected chi connectivity index (χ1v) is 9.35. The van der Waals surface area contributed by atoms with Crippen molar-refractivity contribution in [2.24, 2.45) is 5.92 Å². The number of nitrogens with zero attached hydrogens (tertiary/aromatic N) is 1. The number of benzene rings is 2. The minimum atomic E-state index is -0.325. The zero-order chi connectivity index (χ0) is 18.4. The molecule has 1 fully saturated rings. The van der Waals surface area contributed by atoms with E-state index >= 15 is 0 Å². The van der Waals surface area contributed by atoms with Crippen molar-refractivity contribution in [2.45, 2.75) is 25.7 Å². The van der Waals surface area contributed by atoms with Crippen molar-refractivity contribution in [1.29, 1.82) is 0 Å². The van der Waals surface area contributed by atoms with Crippen LogP contribution in [0.25, 0.3) is 0 Å². The Morgan fingerprint density at radius 3 is 2.35 bits per heavy atom. The van der Waals surface area contributed by atoms with Gasteiger partial charge in [0.2, 0.25) is 11.8 Å². The van der Waals surface area contributed by atoms with Gasteiger partial charge in [0.05, 0.1) is 10.7 Å². The smallest absolute Gasteiger partial charge is 0.233 e. The molecule has 26 heavy (non-hydrogen) atoms. The number of nitrogens with one attached hydrogen (secondary N) is 1. The Hall–Kier alpha value is -2.33. The first kappa shape index (κ1) is 18.5. The van der Waals surface area contributed by atoms with Gasteiger partial charge >= 0.3 is 0 Å². The number of rotatable bonds is 5. The Labute approximate surface area is 159 Å². The van der Waals surface area contributed by atoms with Crippen molar-refractivity contribution in [3.8, 4) is 0 Å². The van der Waals surface area contributed by atoms with Gasteiger partial charge in [-0.2, -0.15) is 0 Å². The number of halogens is 1. The van der Waals surface area contributed by atoms with Gasteiger partial charge in [0.1, 0.15) is 6.42 Å². The molecule has 1 aliphatic heterocycles. The highest BCUT2D eigenvalue weighted by molar-refractivity contribution is 6.33. The first-order chi connectivity index (χ1) is 12.6. The lowest BCUT2D eigenvalue weighted by Crippen LogP contribution is -2.40. The summed E-state index contributed by atoms with van der Waals surface area (Å²) in [5.74, 6) is 0.153. The standard InChI is InChI=1S/C21H23ClN2O2/c22-18-8-4-5-9-19(18)23-20(25)15-21(26)24-12-10-17(11-13-24)14-16-6-2-1-3-7-16/h1-9,17H,10-15H2,(H,23,25). The van der Waals surface area contributed by atoms with Crippen molar-refractivity contribution < 1.29 is 9.59 Å². The van der Waals surface area contributed by atoms with Crippen LogP contribution in [0.1, 0.15) is 24.8 Å². The van der Waals surface area contributed by atoms with Gasteiger partial charge < -0.3 is 10.2 Å². The van der Waals surface area contributed by atoms with E-state index in [1.807, 2.05) is 6.07 Å². The SMILES string of the molecule is O=C(CC(=O)N1CCC(Cc2ccccc2)CC1)Nc1ccccc1Cl. The monoisotopic (exact) mass is 370 g/mol. The van der Waals surface area contributed by atoms with E-state index in [0.29, 0.717) is 16.6 Å². The lowest BCUT2D eigenvalue weighted by Gasteiger charge is -2.32. The quantitative estimate of drug-likeness (QED) is 0.804. The van der Waals surface area contributed by atoms with Crippen LogP contribution in [0.3, 0.4) is 0 Å². The molecule has 0 aliphatic carbocycles. The van der Waals surface area contributed by atoms with E-state index in [4.69, 9.17) is 11.6 Å². The number of hydrogen-bond donors (Lipinski definition) is 1. The maximum atomic E-state index is 12.4. The number of carbonyl (C=O) groups excluding carboxylic acids is 2. The largest absolute Gasteiger partial charge is 0.342 e. The van der Waals surface area contributed by atoms with E-state index in [1.165, 1.54) is 5.56 Å². The van der Waals surface area contributed by atoms with Gasteiger partial charge in [-0.25, -0.2) is 0 Å². The van der Waals surface area contributed by atoms with E-state index in [0.717, 1.165) is 32.4 Å². The molecular formula is C21H23ClN2O2. The van der Waals surface area contributed by atoms with Gasteiger partial charge in [0, 0.05) is 13.1 Å². The summed E-state index contributed by atoms with van der Waals surface area (Å²) >= 11 is 6.03. The molecule has 0 unspecified atom stereocenters. The van der Waals surface area contributed by atoms with Crippen LogP contribution in [-0.4, -0.2) is 29.8 Å². The molecule has 1 heterocycles. The van der Waals surface area contributed by atoms with Gasteiger partial charge in [-0.1, -0.05) is 54.1 Å². The molecular weight excluding hydrogens is 348 g/mol. The summed E-state index contributed by atoms with van der Waals surface area (Å²) in [5.41, 5.74) is 1.88. The molecule has 2 amide bonds. The summed E-state index contributed by atoms with van der Waals surface area (Å²) in [6.07, 6.45) is 2.87. The maximum Gasteiger partial charge on any atom is 0.233 e. The van der Waals surface area contributed by atoms with Crippen molar-refractivity contribution in [3.63, 3.8) is 0 Å². The van der Waals surface area contributed by atoms with Crippen molar-refractivity contribution in [3.05, 3.63) is 65.2 Å². The molecule has 0 saturated carbocycles. The summed E-state index contributed by atoms with van der Waals surface area (Å²) in [6, 6.07) is 17.5. The van der Waals surface area contributed by atoms with Crippen LogP contribution in [0.2, 0.25) is 5.02 Å². The second-order valence-electron chi connectivity index (χ2n) is 6.72. The first-order valence-electron chi connectivity index (χ1n) is 8.98. The number of hydrogen-bond acceptors (Lipinski definition) is 2. The molecule has 2 aromatic carbocycles. The zero-order valence-corrected chi connectivity index (χ0v) is 15.4. The zero-order valence-electron chi connectivity index (χ0n) is 14.7. The Morgan fingerprint density at radius 2 is 1.65 bits per heavy atom. The molecule has 1 aliphatic rings. The van der Waals surface area contributed by atoms with E-state index in [2.05, 4.69) is 29.6 Å². The summed E-state index contributed by atoms with van der Waals surface area (Å²) in [7, 11) is 0. The molecule has 0 radical (unpaired) electrons. The molecule has 0 atom stereocenters. The third-order valence-corrected chi connectivity index (χ3v) is 5.12. The third kappa shape index (κ3) is 5.09. The number of piperidine rings is 1. The van der Waals surface area contributed by atoms with Crippen LogP contribution in [0.15, 0.2) is 54.6 Å². The normalized spacial score (nSPS) is 14.9. The second-order valence-corrected chi connectivity index (χ2v) is 7.13. The minimum absolute atomic E-state index is 0.118. The summed E-state index contributed by atoms with van der Waals surface area (Å²) in [5, 5.41) is 3.17. The fourth-order valence-corrected chi connectivity index (χ4v) is 3.52. The summed E-state index contributed by atoms with van der Waals surface area (Å²) in [6.45, 7) is 1.44. The predicted octanol–water partition coefficient (Wildman–Crippen LogP) is 4.15. The maximum absolute atomic E-state index is 12.4. The molecule has 3 rings (SSSR count). The topological polar surface area (TPSA) is 49.4 Å². The molecule has 4 nitrogen and oxygen atoms in total. The van der Waals surface area contributed by atoms with Gasteiger partial charge in [-0.15, -0.1) is 0 Å². The van der Waals surface area contributed by atoms with Crippen molar-refractivity contribution in [2.75, 3.05) is 18.4 Å². The molecule has 0 spiro atoms. The molecule has 1 N–H and O–H groups in total. The van der Waals surface area contributed by atoms with E-state index < -0.39 is 0 Å². The summed E-state index contributed by atoms with van der Waals surface area (Å²) < 4.78 is 0. The lowest BCUT2D eigenvalue weighted by atomic mass is 9.90. The highest BCUT2D eigenvalue weighted by Crippen LogP contribution is 2.23. The highest BCUT2D eigenvalue weighted by Gasteiger charge is 2.24. The van der Waals surface area contributed by atoms with Crippen molar-refractivity contribution in [1.82, 2.24) is 4.90 Å². The molecule has 0 aromatic heterocycles. The molecule has 5 heteroatoms. The van der Waals surface area contributed by atoms with Crippen LogP contribution in [0, 0.1) is 5.92 Å². The summed E-state index contributed by atoms with van der Waals surface area (Å²) in [4.78, 5) is 26.3. The van der Waals surface area contributed by atoms with Gasteiger partial charge in [-0.3, -0.25) is 9.59 Å². The lowest BCUT2D eigenvalue weighted by molar-refractivity contribution is -0.135. The highest BCUT2D eigenvalue weighted by atomic mass is 35.5. The fourth-order valence-electron chi connectivity index (χ4n) is 3.34. The minimum Gasteiger partial charge on any atom is -0.342 e. The number of carbonyl (C=O) groups is 2. The van der Waals surface area contributed by atoms with Crippen LogP contribution in [0.5, 0.6) is 0 Å². The number of para-hydroxylation sites is 1. The Morgan fingerprint density at radius 1 is 1.00 bits per heavy atom. The molecule has 1 saturated heterocycles. The molecule has 2 aromatic rings. The fraction of sp³-hybridized carbons (Fsp3) is 0.333. The van der Waals surface area contributed by atoms with Crippen LogP contribution < -0.4 is 5.32 Å². The third-order valence-electron chi connectivity index (χ3n) is 4.79. The Balaban J connectivity index is 1.45. The Bertz CT molecular complexity index is 756. The number of anilines is 1. The van der Waals surface area contributed by atoms with Gasteiger partial charge in [-0.05, 0) is 42.9 Å². The van der Waals surface area contributed by atoms with Crippen LogP contribution >= 0.6 is 11.6 Å². The molecule has 136 valence electrons. The van der Waals surface area contributed by atoms with Crippen LogP contribution in [0.4, 0.5) is 5.69 Å². The molecule has 0 bridgehead atoms. The van der Waals surface area contributed by atoms with Gasteiger partial charge in [0.25, 0.3) is 0 Å². The Kier molecular flexibility index (Phi) is 6.29. The van der Waals surface area contributed by atoms with Crippen molar-refractivity contribution >= 4 is 29.1 Å². The predicted molar refractivity (Wildman–Crippen MR) is 104 cm³/mol. The van der Waals surface area contributed by atoms with Crippen LogP contribution in [-0.2, 0) is 16.0 Å². The average molecular weight is 371 g/mol.